The smallest absolute Gasteiger partial charge is 0.0873 e. The zero-order chi connectivity index (χ0) is 9.66. The third kappa shape index (κ3) is 22.7. The van der Waals surface area contributed by atoms with Crippen molar-refractivity contribution in [2.75, 3.05) is 26.4 Å². The highest BCUT2D eigenvalue weighted by atomic mass is 16.5. The van der Waals surface area contributed by atoms with Gasteiger partial charge in [0.2, 0.25) is 0 Å². The van der Waals surface area contributed by atoms with Gasteiger partial charge in [-0.15, -0.1) is 0 Å². The first-order chi connectivity index (χ1) is 5.83. The van der Waals surface area contributed by atoms with E-state index in [1.807, 2.05) is 0 Å². The zero-order valence-electron chi connectivity index (χ0n) is 7.28. The maximum atomic E-state index is 8.28. The Balaban J connectivity index is 0. The number of hydrogen-bond acceptors (Lipinski definition) is 4. The largest absolute Gasteiger partial charge is 0.502 e. The molecule has 0 saturated carbocycles. The second-order valence-electron chi connectivity index (χ2n) is 1.92. The van der Waals surface area contributed by atoms with Gasteiger partial charge in [-0.1, -0.05) is 6.58 Å². The Morgan fingerprint density at radius 1 is 1.00 bits per heavy atom. The Bertz CT molecular complexity index is 73.5. The van der Waals surface area contributed by atoms with Crippen LogP contribution in [0.5, 0.6) is 0 Å². The van der Waals surface area contributed by atoms with Crippen LogP contribution in [-0.2, 0) is 4.74 Å². The van der Waals surface area contributed by atoms with E-state index in [9.17, 15) is 0 Å². The number of aliphatic hydroxyl groups is 3. The van der Waals surface area contributed by atoms with Crippen molar-refractivity contribution in [2.24, 2.45) is 0 Å². The van der Waals surface area contributed by atoms with E-state index in [1.54, 1.807) is 0 Å². The van der Waals surface area contributed by atoms with Crippen molar-refractivity contribution >= 4 is 0 Å². The zero-order valence-corrected chi connectivity index (χ0v) is 7.28. The number of hydrogen-bond donors (Lipinski definition) is 3. The third-order valence-electron chi connectivity index (χ3n) is 0.888. The Morgan fingerprint density at radius 3 is 1.92 bits per heavy atom. The molecule has 3 N–H and O–H groups in total. The molecule has 0 radical (unpaired) electrons. The van der Waals surface area contributed by atoms with Crippen LogP contribution in [-0.4, -0.2) is 41.7 Å². The second kappa shape index (κ2) is 16.8. The second-order valence-corrected chi connectivity index (χ2v) is 1.92. The first-order valence-electron chi connectivity index (χ1n) is 3.88. The summed E-state index contributed by atoms with van der Waals surface area (Å²) in [6.45, 7) is 4.04. The average Bonchev–Trinajstić information content (AvgIpc) is 2.13. The Kier molecular flexibility index (Phi) is 19.6. The summed E-state index contributed by atoms with van der Waals surface area (Å²) in [4.78, 5) is 0. The summed E-state index contributed by atoms with van der Waals surface area (Å²) in [5, 5.41) is 23.5. The van der Waals surface area contributed by atoms with Gasteiger partial charge < -0.3 is 20.1 Å². The molecule has 0 spiro atoms. The first kappa shape index (κ1) is 14.0. The minimum Gasteiger partial charge on any atom is -0.502 e. The fraction of sp³-hybridized carbons (Fsp3) is 0.750. The Morgan fingerprint density at radius 2 is 1.58 bits per heavy atom. The van der Waals surface area contributed by atoms with Crippen molar-refractivity contribution in [3.8, 4) is 0 Å². The summed E-state index contributed by atoms with van der Waals surface area (Å²) >= 11 is 0. The molecule has 0 amide bonds. The number of unbranched alkanes of at least 4 members (excludes halogenated alkanes) is 1. The van der Waals surface area contributed by atoms with Crippen molar-refractivity contribution in [1.82, 2.24) is 0 Å². The van der Waals surface area contributed by atoms with Crippen LogP contribution in [0.4, 0.5) is 0 Å². The summed E-state index contributed by atoms with van der Waals surface area (Å²) in [6, 6.07) is 0. The molecular weight excluding hydrogens is 160 g/mol. The van der Waals surface area contributed by atoms with Gasteiger partial charge in [-0.05, 0) is 12.8 Å². The maximum absolute atomic E-state index is 8.28. The van der Waals surface area contributed by atoms with Crippen molar-refractivity contribution in [3.05, 3.63) is 12.8 Å². The van der Waals surface area contributed by atoms with E-state index in [0.717, 1.165) is 12.8 Å². The minimum absolute atomic E-state index is 0.125. The lowest BCUT2D eigenvalue weighted by molar-refractivity contribution is 0.186. The van der Waals surface area contributed by atoms with E-state index in [1.165, 1.54) is 6.26 Å². The molecule has 4 heteroatoms. The fourth-order valence-corrected chi connectivity index (χ4v) is 0.381. The van der Waals surface area contributed by atoms with Crippen molar-refractivity contribution in [1.29, 1.82) is 0 Å². The van der Waals surface area contributed by atoms with Gasteiger partial charge in [-0.25, -0.2) is 0 Å². The van der Waals surface area contributed by atoms with Gasteiger partial charge in [-0.3, -0.25) is 0 Å². The van der Waals surface area contributed by atoms with E-state index in [-0.39, 0.29) is 19.8 Å². The lowest BCUT2D eigenvalue weighted by Crippen LogP contribution is -1.89. The van der Waals surface area contributed by atoms with Crippen molar-refractivity contribution < 1.29 is 20.1 Å². The minimum atomic E-state index is -0.125. The van der Waals surface area contributed by atoms with Gasteiger partial charge in [-0.2, -0.15) is 0 Å². The molecule has 0 aromatic heterocycles. The van der Waals surface area contributed by atoms with Gasteiger partial charge >= 0.3 is 0 Å². The van der Waals surface area contributed by atoms with Gasteiger partial charge in [0.25, 0.3) is 0 Å². The molecule has 0 aliphatic heterocycles. The van der Waals surface area contributed by atoms with Crippen LogP contribution in [0.1, 0.15) is 12.8 Å². The summed E-state index contributed by atoms with van der Waals surface area (Å²) < 4.78 is 4.79. The standard InChI is InChI=1S/C6H12O2.C2H6O2/c1-2-8-6-4-3-5-7;3-1-2-4/h2,7H,1,3-6H2;3-4H,1-2H2. The summed E-state index contributed by atoms with van der Waals surface area (Å²) in [7, 11) is 0. The predicted molar refractivity (Wildman–Crippen MR) is 46.6 cm³/mol. The van der Waals surface area contributed by atoms with Crippen LogP contribution in [0.3, 0.4) is 0 Å². The summed E-state index contributed by atoms with van der Waals surface area (Å²) in [6.07, 6.45) is 3.13. The lowest BCUT2D eigenvalue weighted by Gasteiger charge is -1.95. The normalized spacial score (nSPS) is 8.25. The molecule has 0 unspecified atom stereocenters. The highest BCUT2D eigenvalue weighted by Gasteiger charge is 1.82. The molecule has 0 saturated heterocycles. The number of aliphatic hydroxyl groups excluding tert-OH is 3. The van der Waals surface area contributed by atoms with Gasteiger partial charge in [0.15, 0.2) is 0 Å². The van der Waals surface area contributed by atoms with Crippen LogP contribution in [0.15, 0.2) is 12.8 Å². The molecular formula is C8H18O4. The molecule has 4 nitrogen and oxygen atoms in total. The fourth-order valence-electron chi connectivity index (χ4n) is 0.381. The third-order valence-corrected chi connectivity index (χ3v) is 0.888. The summed E-state index contributed by atoms with van der Waals surface area (Å²) in [5.74, 6) is 0. The molecule has 0 aliphatic rings. The number of ether oxygens (including phenoxy) is 1. The van der Waals surface area contributed by atoms with E-state index >= 15 is 0 Å². The van der Waals surface area contributed by atoms with Crippen molar-refractivity contribution in [3.63, 3.8) is 0 Å². The van der Waals surface area contributed by atoms with E-state index in [4.69, 9.17) is 20.1 Å². The van der Waals surface area contributed by atoms with Gasteiger partial charge in [0, 0.05) is 6.61 Å². The molecule has 0 heterocycles. The van der Waals surface area contributed by atoms with E-state index in [2.05, 4.69) is 6.58 Å². The molecule has 0 rings (SSSR count). The molecule has 0 bridgehead atoms. The van der Waals surface area contributed by atoms with E-state index < -0.39 is 0 Å². The average molecular weight is 178 g/mol. The van der Waals surface area contributed by atoms with Gasteiger partial charge in [0.05, 0.1) is 26.1 Å². The SMILES string of the molecule is C=COCCCCO.OCCO. The van der Waals surface area contributed by atoms with Crippen LogP contribution in [0, 0.1) is 0 Å². The molecule has 74 valence electrons. The molecule has 0 aromatic rings. The van der Waals surface area contributed by atoms with Crippen LogP contribution >= 0.6 is 0 Å². The highest BCUT2D eigenvalue weighted by molar-refractivity contribution is 4.48. The molecule has 12 heavy (non-hydrogen) atoms. The molecule has 0 atom stereocenters. The van der Waals surface area contributed by atoms with Crippen LogP contribution in [0.2, 0.25) is 0 Å². The molecule has 0 fully saturated rings. The molecule has 0 aromatic carbocycles. The van der Waals surface area contributed by atoms with E-state index in [0.29, 0.717) is 6.61 Å². The Hall–Kier alpha value is -0.580. The quantitative estimate of drug-likeness (QED) is 0.392. The topological polar surface area (TPSA) is 69.9 Å². The van der Waals surface area contributed by atoms with Crippen molar-refractivity contribution in [2.45, 2.75) is 12.8 Å². The van der Waals surface area contributed by atoms with Crippen LogP contribution < -0.4 is 0 Å². The van der Waals surface area contributed by atoms with Crippen LogP contribution in [0.25, 0.3) is 0 Å². The highest BCUT2D eigenvalue weighted by Crippen LogP contribution is 1.87. The van der Waals surface area contributed by atoms with Gasteiger partial charge in [0.1, 0.15) is 0 Å². The monoisotopic (exact) mass is 178 g/mol. The summed E-state index contributed by atoms with van der Waals surface area (Å²) in [5.41, 5.74) is 0. The molecule has 0 aliphatic carbocycles. The number of rotatable bonds is 6. The lowest BCUT2D eigenvalue weighted by atomic mass is 10.3. The predicted octanol–water partition coefficient (Wildman–Crippen LogP) is -0.110. The Labute approximate surface area is 73.1 Å². The first-order valence-corrected chi connectivity index (χ1v) is 3.88. The maximum Gasteiger partial charge on any atom is 0.0873 e.